The molecule has 0 heterocycles. The van der Waals surface area contributed by atoms with E-state index in [0.29, 0.717) is 28.2 Å². The Morgan fingerprint density at radius 3 is 2.79 bits per heavy atom. The first-order chi connectivity index (χ1) is 6.63. The molecular weight excluding hydrogens is 239 g/mol. The fourth-order valence-corrected chi connectivity index (χ4v) is 1.24. The standard InChI is InChI=1S/C10H10Cl2OS/c1-7(6-14)5-13-10-4-8(11)2-3-9(10)12/h2-4,14H,1,5-6H2. The molecule has 0 aliphatic carbocycles. The number of rotatable bonds is 4. The average Bonchev–Trinajstić information content (AvgIpc) is 2.19. The zero-order valence-electron chi connectivity index (χ0n) is 7.46. The highest BCUT2D eigenvalue weighted by atomic mass is 35.5. The Morgan fingerprint density at radius 1 is 1.43 bits per heavy atom. The molecule has 0 aliphatic rings. The summed E-state index contributed by atoms with van der Waals surface area (Å²) in [6.45, 7) is 4.17. The first-order valence-electron chi connectivity index (χ1n) is 3.99. The maximum absolute atomic E-state index is 5.89. The van der Waals surface area contributed by atoms with Gasteiger partial charge in [0, 0.05) is 16.8 Å². The van der Waals surface area contributed by atoms with E-state index in [4.69, 9.17) is 27.9 Å². The predicted molar refractivity (Wildman–Crippen MR) is 65.0 cm³/mol. The summed E-state index contributed by atoms with van der Waals surface area (Å²) in [5.41, 5.74) is 0.893. The highest BCUT2D eigenvalue weighted by Gasteiger charge is 2.02. The summed E-state index contributed by atoms with van der Waals surface area (Å²) in [6.07, 6.45) is 0. The molecule has 0 radical (unpaired) electrons. The lowest BCUT2D eigenvalue weighted by molar-refractivity contribution is 0.353. The van der Waals surface area contributed by atoms with Crippen molar-refractivity contribution in [3.63, 3.8) is 0 Å². The number of halogens is 2. The average molecular weight is 249 g/mol. The summed E-state index contributed by atoms with van der Waals surface area (Å²) < 4.78 is 5.41. The Labute approximate surface area is 99.1 Å². The van der Waals surface area contributed by atoms with Crippen LogP contribution in [0.1, 0.15) is 0 Å². The Kier molecular flexibility index (Phi) is 4.66. The lowest BCUT2D eigenvalue weighted by Crippen LogP contribution is -2.01. The third kappa shape index (κ3) is 3.45. The maximum atomic E-state index is 5.89. The van der Waals surface area contributed by atoms with Crippen molar-refractivity contribution in [1.29, 1.82) is 0 Å². The van der Waals surface area contributed by atoms with Crippen molar-refractivity contribution in [2.24, 2.45) is 0 Å². The van der Waals surface area contributed by atoms with Crippen LogP contribution in [0.4, 0.5) is 0 Å². The SMILES string of the molecule is C=C(CS)COc1cc(Cl)ccc1Cl. The molecule has 4 heteroatoms. The van der Waals surface area contributed by atoms with Gasteiger partial charge in [-0.2, -0.15) is 12.6 Å². The smallest absolute Gasteiger partial charge is 0.139 e. The molecule has 1 aromatic carbocycles. The van der Waals surface area contributed by atoms with Gasteiger partial charge in [0.2, 0.25) is 0 Å². The van der Waals surface area contributed by atoms with E-state index in [0.717, 1.165) is 5.57 Å². The van der Waals surface area contributed by atoms with Crippen LogP contribution < -0.4 is 4.74 Å². The van der Waals surface area contributed by atoms with Crippen LogP contribution in [0.3, 0.4) is 0 Å². The fraction of sp³-hybridized carbons (Fsp3) is 0.200. The van der Waals surface area contributed by atoms with Gasteiger partial charge in [-0.25, -0.2) is 0 Å². The van der Waals surface area contributed by atoms with Gasteiger partial charge in [0.05, 0.1) is 5.02 Å². The Hall–Kier alpha value is -0.310. The van der Waals surface area contributed by atoms with Crippen molar-refractivity contribution in [2.75, 3.05) is 12.4 Å². The van der Waals surface area contributed by atoms with Gasteiger partial charge in [-0.05, 0) is 17.7 Å². The van der Waals surface area contributed by atoms with Gasteiger partial charge in [0.25, 0.3) is 0 Å². The highest BCUT2D eigenvalue weighted by molar-refractivity contribution is 7.80. The molecule has 0 atom stereocenters. The first-order valence-corrected chi connectivity index (χ1v) is 5.37. The Bertz CT molecular complexity index is 339. The molecule has 0 fully saturated rings. The summed E-state index contributed by atoms with van der Waals surface area (Å²) >= 11 is 15.7. The van der Waals surface area contributed by atoms with E-state index in [-0.39, 0.29) is 0 Å². The third-order valence-electron chi connectivity index (χ3n) is 1.55. The summed E-state index contributed by atoms with van der Waals surface area (Å²) in [7, 11) is 0. The molecular formula is C10H10Cl2OS. The minimum atomic E-state index is 0.406. The van der Waals surface area contributed by atoms with Crippen LogP contribution in [0.5, 0.6) is 5.75 Å². The lowest BCUT2D eigenvalue weighted by Gasteiger charge is -2.08. The summed E-state index contributed by atoms with van der Waals surface area (Å²) in [5, 5.41) is 1.14. The summed E-state index contributed by atoms with van der Waals surface area (Å²) in [6, 6.07) is 5.09. The Balaban J connectivity index is 2.66. The van der Waals surface area contributed by atoms with Crippen molar-refractivity contribution in [1.82, 2.24) is 0 Å². The minimum Gasteiger partial charge on any atom is -0.488 e. The van der Waals surface area contributed by atoms with Gasteiger partial charge in [0.15, 0.2) is 0 Å². The van der Waals surface area contributed by atoms with E-state index in [2.05, 4.69) is 19.2 Å². The molecule has 76 valence electrons. The molecule has 0 bridgehead atoms. The molecule has 0 spiro atoms. The van der Waals surface area contributed by atoms with Gasteiger partial charge in [-0.15, -0.1) is 0 Å². The zero-order valence-corrected chi connectivity index (χ0v) is 9.87. The molecule has 0 N–H and O–H groups in total. The number of ether oxygens (including phenoxy) is 1. The van der Waals surface area contributed by atoms with Gasteiger partial charge < -0.3 is 4.74 Å². The van der Waals surface area contributed by atoms with Gasteiger partial charge in [-0.1, -0.05) is 29.8 Å². The molecule has 0 aliphatic heterocycles. The predicted octanol–water partition coefficient (Wildman–Crippen LogP) is 3.86. The number of thiol groups is 1. The highest BCUT2D eigenvalue weighted by Crippen LogP contribution is 2.27. The first kappa shape index (κ1) is 11.8. The second-order valence-electron chi connectivity index (χ2n) is 2.77. The van der Waals surface area contributed by atoms with Crippen molar-refractivity contribution in [3.8, 4) is 5.75 Å². The molecule has 0 saturated carbocycles. The minimum absolute atomic E-state index is 0.406. The van der Waals surface area contributed by atoms with E-state index < -0.39 is 0 Å². The number of benzene rings is 1. The van der Waals surface area contributed by atoms with E-state index in [1.807, 2.05) is 0 Å². The molecule has 0 saturated heterocycles. The van der Waals surface area contributed by atoms with Crippen LogP contribution in [0, 0.1) is 0 Å². The van der Waals surface area contributed by atoms with E-state index in [1.165, 1.54) is 0 Å². The summed E-state index contributed by atoms with van der Waals surface area (Å²) in [4.78, 5) is 0. The van der Waals surface area contributed by atoms with Crippen molar-refractivity contribution >= 4 is 35.8 Å². The van der Waals surface area contributed by atoms with Crippen molar-refractivity contribution in [2.45, 2.75) is 0 Å². The zero-order chi connectivity index (χ0) is 10.6. The largest absolute Gasteiger partial charge is 0.488 e. The molecule has 1 aromatic rings. The van der Waals surface area contributed by atoms with Crippen LogP contribution in [-0.2, 0) is 0 Å². The van der Waals surface area contributed by atoms with Gasteiger partial charge in [-0.3, -0.25) is 0 Å². The molecule has 0 unspecified atom stereocenters. The van der Waals surface area contributed by atoms with Gasteiger partial charge >= 0.3 is 0 Å². The lowest BCUT2D eigenvalue weighted by atomic mass is 10.3. The van der Waals surface area contributed by atoms with E-state index >= 15 is 0 Å². The van der Waals surface area contributed by atoms with Crippen molar-refractivity contribution in [3.05, 3.63) is 40.4 Å². The Morgan fingerprint density at radius 2 is 2.14 bits per heavy atom. The number of hydrogen-bond acceptors (Lipinski definition) is 2. The van der Waals surface area contributed by atoms with Crippen LogP contribution in [0.25, 0.3) is 0 Å². The molecule has 1 nitrogen and oxygen atoms in total. The molecule has 0 amide bonds. The monoisotopic (exact) mass is 248 g/mol. The van der Waals surface area contributed by atoms with Crippen LogP contribution in [-0.4, -0.2) is 12.4 Å². The van der Waals surface area contributed by atoms with Crippen LogP contribution in [0.2, 0.25) is 10.0 Å². The fourth-order valence-electron chi connectivity index (χ4n) is 0.813. The van der Waals surface area contributed by atoms with Gasteiger partial charge in [0.1, 0.15) is 12.4 Å². The second kappa shape index (κ2) is 5.54. The molecule has 14 heavy (non-hydrogen) atoms. The normalized spacial score (nSPS) is 9.93. The maximum Gasteiger partial charge on any atom is 0.139 e. The van der Waals surface area contributed by atoms with Crippen LogP contribution >= 0.6 is 35.8 Å². The number of hydrogen-bond donors (Lipinski definition) is 1. The molecule has 0 aromatic heterocycles. The van der Waals surface area contributed by atoms with Crippen LogP contribution in [0.15, 0.2) is 30.4 Å². The van der Waals surface area contributed by atoms with E-state index in [1.54, 1.807) is 18.2 Å². The van der Waals surface area contributed by atoms with E-state index in [9.17, 15) is 0 Å². The second-order valence-corrected chi connectivity index (χ2v) is 3.93. The molecule has 1 rings (SSSR count). The topological polar surface area (TPSA) is 9.23 Å². The summed E-state index contributed by atoms with van der Waals surface area (Å²) in [5.74, 6) is 1.17. The third-order valence-corrected chi connectivity index (χ3v) is 2.54. The van der Waals surface area contributed by atoms with Crippen molar-refractivity contribution < 1.29 is 4.74 Å². The quantitative estimate of drug-likeness (QED) is 0.629.